The molecule has 0 atom stereocenters. The first-order valence-electron chi connectivity index (χ1n) is 5.94. The highest BCUT2D eigenvalue weighted by molar-refractivity contribution is 5.46. The van der Waals surface area contributed by atoms with Gasteiger partial charge in [0, 0.05) is 25.4 Å². The normalized spacial score (nSPS) is 10.5. The molecule has 0 saturated carbocycles. The van der Waals surface area contributed by atoms with Crippen LogP contribution in [0.2, 0.25) is 0 Å². The highest BCUT2D eigenvalue weighted by Crippen LogP contribution is 2.14. The van der Waals surface area contributed by atoms with E-state index in [1.807, 2.05) is 24.3 Å². The third-order valence-electron chi connectivity index (χ3n) is 2.66. The quantitative estimate of drug-likeness (QED) is 0.887. The highest BCUT2D eigenvalue weighted by Gasteiger charge is 2.01. The van der Waals surface area contributed by atoms with E-state index in [9.17, 15) is 8.78 Å². The maximum Gasteiger partial charge on any atom is 0.126 e. The van der Waals surface area contributed by atoms with Gasteiger partial charge in [-0.1, -0.05) is 12.1 Å². The number of benzene rings is 2. The van der Waals surface area contributed by atoms with E-state index in [2.05, 4.69) is 5.32 Å². The molecule has 4 heteroatoms. The van der Waals surface area contributed by atoms with Crippen LogP contribution in [0.4, 0.5) is 14.5 Å². The average molecular weight is 263 g/mol. The monoisotopic (exact) mass is 263 g/mol. The molecule has 0 bridgehead atoms. The van der Waals surface area contributed by atoms with Gasteiger partial charge >= 0.3 is 0 Å². The van der Waals surface area contributed by atoms with Crippen LogP contribution < -0.4 is 5.32 Å². The van der Waals surface area contributed by atoms with Crippen LogP contribution in [-0.4, -0.2) is 7.11 Å². The molecule has 1 N–H and O–H groups in total. The highest BCUT2D eigenvalue weighted by atomic mass is 19.1. The average Bonchev–Trinajstić information content (AvgIpc) is 2.36. The van der Waals surface area contributed by atoms with Gasteiger partial charge in [-0.25, -0.2) is 8.78 Å². The van der Waals surface area contributed by atoms with E-state index in [0.29, 0.717) is 18.7 Å². The topological polar surface area (TPSA) is 21.3 Å². The summed E-state index contributed by atoms with van der Waals surface area (Å²) in [5, 5.41) is 3.13. The molecule has 0 aliphatic rings. The van der Waals surface area contributed by atoms with Gasteiger partial charge in [0.1, 0.15) is 11.6 Å². The maximum atomic E-state index is 13.0. The van der Waals surface area contributed by atoms with Gasteiger partial charge in [-0.2, -0.15) is 0 Å². The number of nitrogens with one attached hydrogen (secondary N) is 1. The molecule has 0 aromatic heterocycles. The van der Waals surface area contributed by atoms with Crippen LogP contribution in [0.1, 0.15) is 11.1 Å². The summed E-state index contributed by atoms with van der Waals surface area (Å²) in [6.45, 7) is 0.898. The lowest BCUT2D eigenvalue weighted by Gasteiger charge is -2.08. The zero-order chi connectivity index (χ0) is 13.7. The van der Waals surface area contributed by atoms with E-state index in [1.54, 1.807) is 7.11 Å². The van der Waals surface area contributed by atoms with Crippen molar-refractivity contribution in [1.29, 1.82) is 0 Å². The Morgan fingerprint density at radius 1 is 1.00 bits per heavy atom. The number of rotatable bonds is 5. The summed E-state index contributed by atoms with van der Waals surface area (Å²) >= 11 is 0. The van der Waals surface area contributed by atoms with E-state index >= 15 is 0 Å². The van der Waals surface area contributed by atoms with Gasteiger partial charge in [-0.3, -0.25) is 0 Å². The molecule has 0 unspecified atom stereocenters. The Kier molecular flexibility index (Phi) is 4.47. The molecule has 19 heavy (non-hydrogen) atoms. The van der Waals surface area contributed by atoms with Crippen molar-refractivity contribution in [2.45, 2.75) is 13.2 Å². The summed E-state index contributed by atoms with van der Waals surface area (Å²) in [6.07, 6.45) is 0. The zero-order valence-corrected chi connectivity index (χ0v) is 10.6. The number of ether oxygens (including phenoxy) is 1. The fourth-order valence-electron chi connectivity index (χ4n) is 1.85. The molecule has 0 saturated heterocycles. The Morgan fingerprint density at radius 3 is 2.42 bits per heavy atom. The van der Waals surface area contributed by atoms with E-state index < -0.39 is 11.6 Å². The second-order valence-electron chi connectivity index (χ2n) is 4.26. The van der Waals surface area contributed by atoms with Crippen molar-refractivity contribution in [3.63, 3.8) is 0 Å². The molecular weight excluding hydrogens is 248 g/mol. The summed E-state index contributed by atoms with van der Waals surface area (Å²) in [6, 6.07) is 11.2. The number of methoxy groups -OCH3 is 1. The van der Waals surface area contributed by atoms with Crippen molar-refractivity contribution in [1.82, 2.24) is 0 Å². The summed E-state index contributed by atoms with van der Waals surface area (Å²) in [7, 11) is 1.63. The number of hydrogen-bond acceptors (Lipinski definition) is 2. The Balaban J connectivity index is 2.03. The van der Waals surface area contributed by atoms with Crippen molar-refractivity contribution in [3.05, 3.63) is 65.2 Å². The van der Waals surface area contributed by atoms with Gasteiger partial charge in [0.25, 0.3) is 0 Å². The van der Waals surface area contributed by atoms with Crippen LogP contribution in [0.5, 0.6) is 0 Å². The molecule has 2 nitrogen and oxygen atoms in total. The smallest absolute Gasteiger partial charge is 0.126 e. The third-order valence-corrected chi connectivity index (χ3v) is 2.66. The number of halogens is 2. The van der Waals surface area contributed by atoms with Crippen molar-refractivity contribution >= 4 is 5.69 Å². The van der Waals surface area contributed by atoms with E-state index in [-0.39, 0.29) is 0 Å². The summed E-state index contributed by atoms with van der Waals surface area (Å²) in [5.41, 5.74) is 2.49. The molecule has 100 valence electrons. The standard InChI is InChI=1S/C15H15F2NO/c1-19-10-11-3-2-4-15(7-11)18-9-12-5-13(16)8-14(17)6-12/h2-8,18H,9-10H2,1H3. The molecule has 0 aliphatic carbocycles. The first-order valence-corrected chi connectivity index (χ1v) is 5.94. The van der Waals surface area contributed by atoms with E-state index in [4.69, 9.17) is 4.74 Å². The van der Waals surface area contributed by atoms with Crippen LogP contribution in [0, 0.1) is 11.6 Å². The molecule has 0 aliphatic heterocycles. The Bertz CT molecular complexity index is 537. The molecule has 0 amide bonds. The first-order chi connectivity index (χ1) is 9.17. The lowest BCUT2D eigenvalue weighted by atomic mass is 10.2. The molecule has 2 rings (SSSR count). The molecule has 0 spiro atoms. The minimum absolute atomic E-state index is 0.366. The largest absolute Gasteiger partial charge is 0.381 e. The SMILES string of the molecule is COCc1cccc(NCc2cc(F)cc(F)c2)c1. The lowest BCUT2D eigenvalue weighted by Crippen LogP contribution is -2.01. The van der Waals surface area contributed by atoms with Crippen molar-refractivity contribution in [3.8, 4) is 0 Å². The molecule has 0 radical (unpaired) electrons. The van der Waals surface area contributed by atoms with E-state index in [0.717, 1.165) is 17.3 Å². The minimum atomic E-state index is -0.565. The van der Waals surface area contributed by atoms with Crippen LogP contribution in [0.15, 0.2) is 42.5 Å². The lowest BCUT2D eigenvalue weighted by molar-refractivity contribution is 0.185. The first kappa shape index (κ1) is 13.5. The van der Waals surface area contributed by atoms with Gasteiger partial charge in [0.2, 0.25) is 0 Å². The summed E-state index contributed by atoms with van der Waals surface area (Å²) in [5.74, 6) is -1.13. The number of hydrogen-bond donors (Lipinski definition) is 1. The van der Waals surface area contributed by atoms with E-state index in [1.165, 1.54) is 12.1 Å². The van der Waals surface area contributed by atoms with Crippen LogP contribution in [-0.2, 0) is 17.9 Å². The maximum absolute atomic E-state index is 13.0. The fourth-order valence-corrected chi connectivity index (χ4v) is 1.85. The second-order valence-corrected chi connectivity index (χ2v) is 4.26. The van der Waals surface area contributed by atoms with Gasteiger partial charge in [-0.15, -0.1) is 0 Å². The van der Waals surface area contributed by atoms with Gasteiger partial charge in [-0.05, 0) is 35.4 Å². The van der Waals surface area contributed by atoms with Gasteiger partial charge in [0.05, 0.1) is 6.61 Å². The number of anilines is 1. The van der Waals surface area contributed by atoms with Crippen LogP contribution in [0.25, 0.3) is 0 Å². The van der Waals surface area contributed by atoms with Crippen molar-refractivity contribution in [2.75, 3.05) is 12.4 Å². The zero-order valence-electron chi connectivity index (χ0n) is 10.6. The molecule has 0 fully saturated rings. The Labute approximate surface area is 111 Å². The molecule has 2 aromatic carbocycles. The Hall–Kier alpha value is -1.94. The second kappa shape index (κ2) is 6.29. The van der Waals surface area contributed by atoms with Gasteiger partial charge in [0.15, 0.2) is 0 Å². The Morgan fingerprint density at radius 2 is 1.74 bits per heavy atom. The fraction of sp³-hybridized carbons (Fsp3) is 0.200. The molecular formula is C15H15F2NO. The van der Waals surface area contributed by atoms with Crippen molar-refractivity contribution in [2.24, 2.45) is 0 Å². The summed E-state index contributed by atoms with van der Waals surface area (Å²) in [4.78, 5) is 0. The third kappa shape index (κ3) is 4.03. The van der Waals surface area contributed by atoms with Gasteiger partial charge < -0.3 is 10.1 Å². The molecule has 2 aromatic rings. The van der Waals surface area contributed by atoms with Crippen LogP contribution in [0.3, 0.4) is 0 Å². The summed E-state index contributed by atoms with van der Waals surface area (Å²) < 4.78 is 31.1. The molecule has 0 heterocycles. The van der Waals surface area contributed by atoms with Crippen molar-refractivity contribution < 1.29 is 13.5 Å². The predicted octanol–water partition coefficient (Wildman–Crippen LogP) is 3.72. The minimum Gasteiger partial charge on any atom is -0.381 e. The predicted molar refractivity (Wildman–Crippen MR) is 70.8 cm³/mol. The van der Waals surface area contributed by atoms with Crippen LogP contribution >= 0.6 is 0 Å².